The Bertz CT molecular complexity index is 822. The van der Waals surface area contributed by atoms with Crippen molar-refractivity contribution >= 4 is 24.2 Å². The smallest absolute Gasteiger partial charge is 0.445 e. The molecule has 1 radical (unpaired) electrons. The lowest BCUT2D eigenvalue weighted by Gasteiger charge is -2.34. The van der Waals surface area contributed by atoms with Crippen molar-refractivity contribution < 1.29 is 33.4 Å². The van der Waals surface area contributed by atoms with Crippen molar-refractivity contribution in [3.05, 3.63) is 54.1 Å². The fourth-order valence-corrected chi connectivity index (χ4v) is 2.58. The fraction of sp³-hybridized carbons (Fsp3) is 0.333. The van der Waals surface area contributed by atoms with E-state index in [4.69, 9.17) is 14.2 Å². The van der Waals surface area contributed by atoms with Gasteiger partial charge >= 0.3 is 12.1 Å². The van der Waals surface area contributed by atoms with Gasteiger partial charge in [-0.05, 0) is 25.1 Å². The molecule has 28 heavy (non-hydrogen) atoms. The van der Waals surface area contributed by atoms with Gasteiger partial charge in [0, 0.05) is 0 Å². The summed E-state index contributed by atoms with van der Waals surface area (Å²) < 4.78 is 15.4. The third-order valence-electron chi connectivity index (χ3n) is 4.03. The summed E-state index contributed by atoms with van der Waals surface area (Å²) in [5.41, 5.74) is -1.96. The molecule has 0 fully saturated rings. The van der Waals surface area contributed by atoms with E-state index in [0.29, 0.717) is 0 Å². The topological polar surface area (TPSA) is 96.0 Å². The monoisotopic (exact) mass is 385 g/mol. The minimum absolute atomic E-state index is 0.0349. The first-order chi connectivity index (χ1) is 13.4. The molecule has 0 heterocycles. The summed E-state index contributed by atoms with van der Waals surface area (Å²) in [4.78, 5) is 49.0. The minimum Gasteiger partial charge on any atom is -0.445 e. The molecular weight excluding hydrogens is 364 g/mol. The molecule has 0 N–H and O–H groups in total. The Morgan fingerprint density at radius 3 is 2.54 bits per heavy atom. The number of allylic oxidation sites excluding steroid dienone is 2. The first-order valence-electron chi connectivity index (χ1n) is 8.80. The Morgan fingerprint density at radius 2 is 1.89 bits per heavy atom. The van der Waals surface area contributed by atoms with Gasteiger partial charge in [-0.1, -0.05) is 44.2 Å². The first kappa shape index (κ1) is 21.1. The number of para-hydroxylation sites is 1. The van der Waals surface area contributed by atoms with Crippen LogP contribution in [0.1, 0.15) is 31.1 Å². The number of rotatable bonds is 7. The Hall–Kier alpha value is -3.22. The maximum absolute atomic E-state index is 13.4. The van der Waals surface area contributed by atoms with Crippen LogP contribution in [0.2, 0.25) is 0 Å². The van der Waals surface area contributed by atoms with Crippen LogP contribution in [0.3, 0.4) is 0 Å². The summed E-state index contributed by atoms with van der Waals surface area (Å²) in [5.74, 6) is -3.11. The predicted molar refractivity (Wildman–Crippen MR) is 99.5 cm³/mol. The highest BCUT2D eigenvalue weighted by Crippen LogP contribution is 2.35. The predicted octanol–water partition coefficient (Wildman–Crippen LogP) is 3.19. The van der Waals surface area contributed by atoms with Crippen LogP contribution in [-0.2, 0) is 19.1 Å². The highest BCUT2D eigenvalue weighted by Gasteiger charge is 2.49. The van der Waals surface area contributed by atoms with E-state index < -0.39 is 35.3 Å². The molecule has 1 aromatic rings. The number of ketones is 1. The summed E-state index contributed by atoms with van der Waals surface area (Å²) in [5, 5.41) is 0. The average molecular weight is 385 g/mol. The van der Waals surface area contributed by atoms with E-state index in [1.54, 1.807) is 45.3 Å². The molecule has 0 aliphatic heterocycles. The molecule has 1 aliphatic carbocycles. The summed E-state index contributed by atoms with van der Waals surface area (Å²) in [7, 11) is 0. The number of hydrogen-bond acceptors (Lipinski definition) is 7. The third-order valence-corrected chi connectivity index (χ3v) is 4.03. The molecule has 2 atom stereocenters. The number of hydrogen-bond donors (Lipinski definition) is 0. The van der Waals surface area contributed by atoms with E-state index in [1.165, 1.54) is 30.4 Å². The zero-order chi connectivity index (χ0) is 20.7. The molecule has 0 saturated heterocycles. The molecule has 0 spiro atoms. The number of esters is 1. The molecule has 7 heteroatoms. The molecule has 0 bridgehead atoms. The number of ether oxygens (including phenoxy) is 3. The number of Topliss-reactive ketones (excluding diaryl/α,β-unsaturated/α-hetero) is 1. The Morgan fingerprint density at radius 1 is 1.18 bits per heavy atom. The van der Waals surface area contributed by atoms with E-state index in [1.807, 2.05) is 0 Å². The van der Waals surface area contributed by atoms with Gasteiger partial charge < -0.3 is 14.2 Å². The van der Waals surface area contributed by atoms with Crippen molar-refractivity contribution in [2.75, 3.05) is 6.61 Å². The maximum Gasteiger partial charge on any atom is 0.513 e. The molecule has 147 valence electrons. The summed E-state index contributed by atoms with van der Waals surface area (Å²) in [6.45, 7) is 4.93. The zero-order valence-electron chi connectivity index (χ0n) is 15.8. The molecule has 7 nitrogen and oxygen atoms in total. The largest absolute Gasteiger partial charge is 0.513 e. The first-order valence-corrected chi connectivity index (χ1v) is 8.80. The van der Waals surface area contributed by atoms with Gasteiger partial charge in [-0.2, -0.15) is 0 Å². The lowest BCUT2D eigenvalue weighted by atomic mass is 9.78. The van der Waals surface area contributed by atoms with Crippen LogP contribution in [-0.4, -0.2) is 36.4 Å². The van der Waals surface area contributed by atoms with Gasteiger partial charge in [0.2, 0.25) is 17.7 Å². The lowest BCUT2D eigenvalue weighted by molar-refractivity contribution is -0.156. The quantitative estimate of drug-likeness (QED) is 0.404. The second kappa shape index (κ2) is 9.12. The van der Waals surface area contributed by atoms with Crippen LogP contribution in [0.15, 0.2) is 48.6 Å². The van der Waals surface area contributed by atoms with Crippen molar-refractivity contribution in [1.29, 1.82) is 0 Å². The molecule has 2 unspecified atom stereocenters. The van der Waals surface area contributed by atoms with Crippen LogP contribution < -0.4 is 4.74 Å². The summed E-state index contributed by atoms with van der Waals surface area (Å²) >= 11 is 0. The van der Waals surface area contributed by atoms with Gasteiger partial charge in [-0.25, -0.2) is 4.79 Å². The van der Waals surface area contributed by atoms with Crippen molar-refractivity contribution in [2.24, 2.45) is 11.8 Å². The van der Waals surface area contributed by atoms with Gasteiger partial charge in [0.05, 0.1) is 24.0 Å². The maximum atomic E-state index is 13.4. The Labute approximate surface area is 163 Å². The molecular formula is C21H21O7. The standard InChI is InChI=1S/C21H21O7/c1-4-26-20(25)27-17-11-6-5-10-16(17)18(23)21(28-19(24)14(2)3)12-8-7-9-15(21)13-22/h5-12,14-15H,4H2,1-3H3. The van der Waals surface area contributed by atoms with Gasteiger partial charge in [0.25, 0.3) is 0 Å². The molecule has 0 aromatic heterocycles. The molecule has 1 aliphatic rings. The van der Waals surface area contributed by atoms with Crippen LogP contribution >= 0.6 is 0 Å². The van der Waals surface area contributed by atoms with Gasteiger partial charge in [0.15, 0.2) is 0 Å². The minimum atomic E-state index is -1.92. The summed E-state index contributed by atoms with van der Waals surface area (Å²) in [6.07, 6.45) is 6.61. The van der Waals surface area contributed by atoms with Gasteiger partial charge in [-0.3, -0.25) is 14.4 Å². The van der Waals surface area contributed by atoms with Crippen molar-refractivity contribution in [3.8, 4) is 5.75 Å². The van der Waals surface area contributed by atoms with E-state index in [2.05, 4.69) is 0 Å². The van der Waals surface area contributed by atoms with Crippen molar-refractivity contribution in [1.82, 2.24) is 0 Å². The van der Waals surface area contributed by atoms with Gasteiger partial charge in [0.1, 0.15) is 5.75 Å². The van der Waals surface area contributed by atoms with E-state index >= 15 is 0 Å². The highest BCUT2D eigenvalue weighted by atomic mass is 16.7. The highest BCUT2D eigenvalue weighted by molar-refractivity contribution is 6.09. The zero-order valence-corrected chi connectivity index (χ0v) is 15.8. The van der Waals surface area contributed by atoms with Crippen molar-refractivity contribution in [2.45, 2.75) is 26.4 Å². The Balaban J connectivity index is 2.51. The second-order valence-electron chi connectivity index (χ2n) is 6.32. The average Bonchev–Trinajstić information content (AvgIpc) is 2.68. The number of benzene rings is 1. The van der Waals surface area contributed by atoms with Gasteiger partial charge in [-0.15, -0.1) is 0 Å². The van der Waals surface area contributed by atoms with E-state index in [9.17, 15) is 19.2 Å². The number of carbonyl (C=O) groups is 3. The van der Waals surface area contributed by atoms with Crippen LogP contribution in [0.4, 0.5) is 4.79 Å². The third kappa shape index (κ3) is 4.36. The van der Waals surface area contributed by atoms with E-state index in [0.717, 1.165) is 0 Å². The molecule has 1 aromatic carbocycles. The fourth-order valence-electron chi connectivity index (χ4n) is 2.58. The molecule has 0 amide bonds. The van der Waals surface area contributed by atoms with Crippen molar-refractivity contribution in [3.63, 3.8) is 0 Å². The van der Waals surface area contributed by atoms with Crippen LogP contribution in [0, 0.1) is 11.8 Å². The van der Waals surface area contributed by atoms with Crippen LogP contribution in [0.5, 0.6) is 5.75 Å². The number of carbonyl (C=O) groups excluding carboxylic acids is 4. The summed E-state index contributed by atoms with van der Waals surface area (Å²) in [6, 6.07) is 5.95. The second-order valence-corrected chi connectivity index (χ2v) is 6.32. The molecule has 0 saturated carbocycles. The normalized spacial score (nSPS) is 20.5. The van der Waals surface area contributed by atoms with E-state index in [-0.39, 0.29) is 17.9 Å². The lowest BCUT2D eigenvalue weighted by Crippen LogP contribution is -2.49. The Kier molecular flexibility index (Phi) is 6.87. The SMILES string of the molecule is CCOC(=O)Oc1ccccc1C(=O)C1(OC(=O)C(C)C)C=CC=CC1[C]=O. The van der Waals surface area contributed by atoms with Crippen LogP contribution in [0.25, 0.3) is 0 Å². The molecule has 2 rings (SSSR count).